The average molecular weight is 397 g/mol. The Morgan fingerprint density at radius 1 is 0.808 bits per heavy atom. The summed E-state index contributed by atoms with van der Waals surface area (Å²) < 4.78 is 0. The molecule has 0 radical (unpaired) electrons. The molecule has 2 heterocycles. The van der Waals surface area contributed by atoms with E-state index in [2.05, 4.69) is 13.8 Å². The number of likely N-dealkylation sites (tertiary alicyclic amines) is 2. The van der Waals surface area contributed by atoms with E-state index >= 15 is 0 Å². The van der Waals surface area contributed by atoms with Crippen molar-refractivity contribution in [1.82, 2.24) is 9.80 Å². The van der Waals surface area contributed by atoms with Crippen LogP contribution in [0.3, 0.4) is 0 Å². The molecule has 0 aliphatic carbocycles. The second kappa shape index (κ2) is 8.18. The Labute approximate surface area is 165 Å². The molecule has 2 aliphatic heterocycles. The lowest BCUT2D eigenvalue weighted by molar-refractivity contribution is 0.0594. The van der Waals surface area contributed by atoms with E-state index in [1.54, 1.807) is 12.1 Å². The lowest BCUT2D eigenvalue weighted by Gasteiger charge is -2.36. The van der Waals surface area contributed by atoms with E-state index in [0.29, 0.717) is 34.3 Å². The molecule has 26 heavy (non-hydrogen) atoms. The quantitative estimate of drug-likeness (QED) is 0.703. The maximum atomic E-state index is 13.2. The van der Waals surface area contributed by atoms with Crippen molar-refractivity contribution in [3.05, 3.63) is 33.3 Å². The molecule has 4 nitrogen and oxygen atoms in total. The third-order valence-corrected chi connectivity index (χ3v) is 6.37. The van der Waals surface area contributed by atoms with Crippen LogP contribution in [-0.2, 0) is 0 Å². The van der Waals surface area contributed by atoms with Crippen LogP contribution in [0.1, 0.15) is 73.1 Å². The molecular formula is C20H26Cl2N2O2. The Morgan fingerprint density at radius 3 is 1.54 bits per heavy atom. The third kappa shape index (κ3) is 3.86. The highest BCUT2D eigenvalue weighted by atomic mass is 35.5. The molecule has 6 heteroatoms. The first-order valence-corrected chi connectivity index (χ1v) is 10.3. The summed E-state index contributed by atoms with van der Waals surface area (Å²) in [6.07, 6.45) is 6.21. The van der Waals surface area contributed by atoms with Crippen LogP contribution in [0.5, 0.6) is 0 Å². The van der Waals surface area contributed by atoms with Gasteiger partial charge in [0, 0.05) is 25.2 Å². The molecule has 2 fully saturated rings. The number of halogens is 2. The molecule has 0 spiro atoms. The summed E-state index contributed by atoms with van der Waals surface area (Å²) in [5.41, 5.74) is 0.742. The minimum Gasteiger partial charge on any atom is -0.336 e. The highest BCUT2D eigenvalue weighted by Gasteiger charge is 2.31. The minimum atomic E-state index is -0.122. The van der Waals surface area contributed by atoms with Crippen molar-refractivity contribution in [1.29, 1.82) is 0 Å². The molecular weight excluding hydrogens is 371 g/mol. The van der Waals surface area contributed by atoms with E-state index in [4.69, 9.17) is 23.2 Å². The van der Waals surface area contributed by atoms with Gasteiger partial charge in [0.1, 0.15) is 0 Å². The van der Waals surface area contributed by atoms with E-state index in [0.717, 1.165) is 38.5 Å². The second-order valence-corrected chi connectivity index (χ2v) is 8.31. The number of nitrogens with zero attached hydrogens (tertiary/aromatic N) is 2. The van der Waals surface area contributed by atoms with Crippen molar-refractivity contribution in [3.63, 3.8) is 0 Å². The van der Waals surface area contributed by atoms with Crippen molar-refractivity contribution >= 4 is 35.0 Å². The molecule has 2 atom stereocenters. The van der Waals surface area contributed by atoms with Crippen molar-refractivity contribution < 1.29 is 9.59 Å². The fourth-order valence-electron chi connectivity index (χ4n) is 4.01. The van der Waals surface area contributed by atoms with Gasteiger partial charge in [-0.1, -0.05) is 23.2 Å². The van der Waals surface area contributed by atoms with Gasteiger partial charge in [0.15, 0.2) is 0 Å². The summed E-state index contributed by atoms with van der Waals surface area (Å²) in [5, 5.41) is 0.617. The highest BCUT2D eigenvalue weighted by molar-refractivity contribution is 6.42. The summed E-state index contributed by atoms with van der Waals surface area (Å²) in [5.74, 6) is -0.243. The van der Waals surface area contributed by atoms with Gasteiger partial charge in [0.2, 0.25) is 0 Å². The summed E-state index contributed by atoms with van der Waals surface area (Å²) in [7, 11) is 0. The van der Waals surface area contributed by atoms with Crippen LogP contribution in [0.15, 0.2) is 12.1 Å². The Bertz CT molecular complexity index is 648. The maximum absolute atomic E-state index is 13.2. The topological polar surface area (TPSA) is 40.6 Å². The van der Waals surface area contributed by atoms with Gasteiger partial charge < -0.3 is 9.80 Å². The van der Waals surface area contributed by atoms with Crippen LogP contribution in [-0.4, -0.2) is 46.8 Å². The van der Waals surface area contributed by atoms with Gasteiger partial charge in [-0.2, -0.15) is 0 Å². The number of carbonyl (C=O) groups is 2. The van der Waals surface area contributed by atoms with Crippen molar-refractivity contribution in [2.24, 2.45) is 0 Å². The van der Waals surface area contributed by atoms with Crippen LogP contribution < -0.4 is 0 Å². The third-order valence-electron chi connectivity index (χ3n) is 5.65. The molecule has 3 rings (SSSR count). The van der Waals surface area contributed by atoms with Crippen molar-refractivity contribution in [2.75, 3.05) is 13.1 Å². The average Bonchev–Trinajstić information content (AvgIpc) is 2.63. The first kappa shape index (κ1) is 19.5. The van der Waals surface area contributed by atoms with Gasteiger partial charge in [0.25, 0.3) is 11.8 Å². The fourth-order valence-corrected chi connectivity index (χ4v) is 4.34. The second-order valence-electron chi connectivity index (χ2n) is 7.50. The predicted molar refractivity (Wildman–Crippen MR) is 105 cm³/mol. The van der Waals surface area contributed by atoms with Crippen LogP contribution >= 0.6 is 23.2 Å². The Balaban J connectivity index is 1.98. The molecule has 2 saturated heterocycles. The number of hydrogen-bond donors (Lipinski definition) is 0. The summed E-state index contributed by atoms with van der Waals surface area (Å²) >= 11 is 12.4. The number of benzene rings is 1. The van der Waals surface area contributed by atoms with E-state index in [1.807, 2.05) is 9.80 Å². The smallest absolute Gasteiger partial charge is 0.254 e. The van der Waals surface area contributed by atoms with Crippen molar-refractivity contribution in [3.8, 4) is 0 Å². The SMILES string of the molecule is CC1CCCCN1C(=O)c1cc(Cl)c(Cl)cc1C(=O)N1CCCCC1C. The predicted octanol–water partition coefficient (Wildman–Crippen LogP) is 5.02. The van der Waals surface area contributed by atoms with Gasteiger partial charge in [-0.15, -0.1) is 0 Å². The molecule has 1 aromatic rings. The van der Waals surface area contributed by atoms with E-state index in [9.17, 15) is 9.59 Å². The molecule has 0 saturated carbocycles. The number of hydrogen-bond acceptors (Lipinski definition) is 2. The van der Waals surface area contributed by atoms with E-state index < -0.39 is 0 Å². The summed E-state index contributed by atoms with van der Waals surface area (Å²) in [6.45, 7) is 5.55. The summed E-state index contributed by atoms with van der Waals surface area (Å²) in [6, 6.07) is 3.47. The molecule has 1 aromatic carbocycles. The standard InChI is InChI=1S/C20H26Cl2N2O2/c1-13-7-3-5-9-23(13)19(25)15-11-17(21)18(22)12-16(15)20(26)24-10-6-4-8-14(24)2/h11-14H,3-10H2,1-2H3. The zero-order valence-electron chi connectivity index (χ0n) is 15.4. The van der Waals surface area contributed by atoms with Gasteiger partial charge in [-0.25, -0.2) is 0 Å². The molecule has 2 aliphatic rings. The van der Waals surface area contributed by atoms with E-state index in [1.165, 1.54) is 0 Å². The molecule has 0 bridgehead atoms. The lowest BCUT2D eigenvalue weighted by Crippen LogP contribution is -2.45. The zero-order valence-corrected chi connectivity index (χ0v) is 16.9. The monoisotopic (exact) mass is 396 g/mol. The first-order chi connectivity index (χ1) is 12.4. The molecule has 0 aromatic heterocycles. The minimum absolute atomic E-state index is 0.122. The van der Waals surface area contributed by atoms with E-state index in [-0.39, 0.29) is 23.9 Å². The highest BCUT2D eigenvalue weighted by Crippen LogP contribution is 2.30. The Hall–Kier alpha value is -1.26. The number of rotatable bonds is 2. The molecule has 2 amide bonds. The van der Waals surface area contributed by atoms with Gasteiger partial charge >= 0.3 is 0 Å². The normalized spacial score (nSPS) is 23.8. The Kier molecular flexibility index (Phi) is 6.13. The van der Waals surface area contributed by atoms with Gasteiger partial charge in [0.05, 0.1) is 21.2 Å². The largest absolute Gasteiger partial charge is 0.336 e. The maximum Gasteiger partial charge on any atom is 0.254 e. The zero-order chi connectivity index (χ0) is 18.8. The van der Waals surface area contributed by atoms with Crippen LogP contribution in [0, 0.1) is 0 Å². The number of carbonyl (C=O) groups excluding carboxylic acids is 2. The van der Waals surface area contributed by atoms with Gasteiger partial charge in [-0.3, -0.25) is 9.59 Å². The Morgan fingerprint density at radius 2 is 1.19 bits per heavy atom. The molecule has 142 valence electrons. The fraction of sp³-hybridized carbons (Fsp3) is 0.600. The van der Waals surface area contributed by atoms with Crippen molar-refractivity contribution in [2.45, 2.75) is 64.5 Å². The summed E-state index contributed by atoms with van der Waals surface area (Å²) in [4.78, 5) is 30.2. The number of piperidine rings is 2. The number of amides is 2. The first-order valence-electron chi connectivity index (χ1n) is 9.51. The molecule has 0 N–H and O–H groups in total. The lowest BCUT2D eigenvalue weighted by atomic mass is 9.97. The van der Waals surface area contributed by atoms with Crippen LogP contribution in [0.25, 0.3) is 0 Å². The molecule has 2 unspecified atom stereocenters. The van der Waals surface area contributed by atoms with Crippen LogP contribution in [0.2, 0.25) is 10.0 Å². The van der Waals surface area contributed by atoms with Crippen LogP contribution in [0.4, 0.5) is 0 Å². The van der Waals surface area contributed by atoms with Gasteiger partial charge in [-0.05, 0) is 64.5 Å².